The van der Waals surface area contributed by atoms with Crippen LogP contribution in [0.1, 0.15) is 26.7 Å². The lowest BCUT2D eigenvalue weighted by Crippen LogP contribution is -2.58. The number of ether oxygens (including phenoxy) is 1. The van der Waals surface area contributed by atoms with E-state index < -0.39 is 0 Å². The molecule has 0 aromatic heterocycles. The highest BCUT2D eigenvalue weighted by atomic mass is 16.5. The molecule has 82 valence electrons. The lowest BCUT2D eigenvalue weighted by atomic mass is 9.86. The van der Waals surface area contributed by atoms with Gasteiger partial charge < -0.3 is 10.1 Å². The van der Waals surface area contributed by atoms with Crippen LogP contribution in [0.3, 0.4) is 0 Å². The van der Waals surface area contributed by atoms with E-state index in [9.17, 15) is 0 Å². The van der Waals surface area contributed by atoms with Crippen LogP contribution in [0.15, 0.2) is 0 Å². The van der Waals surface area contributed by atoms with Crippen LogP contribution in [0.4, 0.5) is 0 Å². The quantitative estimate of drug-likeness (QED) is 0.727. The molecule has 0 spiro atoms. The molecule has 0 bridgehead atoms. The maximum Gasteiger partial charge on any atom is 0.0604 e. The van der Waals surface area contributed by atoms with Crippen molar-refractivity contribution in [3.05, 3.63) is 0 Å². The molecule has 3 nitrogen and oxygen atoms in total. The van der Waals surface area contributed by atoms with E-state index in [0.29, 0.717) is 12.1 Å². The number of nitrogens with one attached hydrogen (secondary N) is 1. The van der Waals surface area contributed by atoms with Crippen LogP contribution in [-0.4, -0.2) is 49.3 Å². The van der Waals surface area contributed by atoms with Crippen LogP contribution in [-0.2, 0) is 4.74 Å². The van der Waals surface area contributed by atoms with Gasteiger partial charge in [0.15, 0.2) is 0 Å². The first-order valence-corrected chi connectivity index (χ1v) is 5.89. The van der Waals surface area contributed by atoms with Gasteiger partial charge in [-0.1, -0.05) is 0 Å². The van der Waals surface area contributed by atoms with Crippen LogP contribution >= 0.6 is 0 Å². The Hall–Kier alpha value is -0.120. The Morgan fingerprint density at radius 1 is 1.43 bits per heavy atom. The van der Waals surface area contributed by atoms with Crippen molar-refractivity contribution in [2.45, 2.75) is 44.9 Å². The van der Waals surface area contributed by atoms with E-state index in [-0.39, 0.29) is 0 Å². The molecule has 1 saturated carbocycles. The summed E-state index contributed by atoms with van der Waals surface area (Å²) in [6, 6.07) is 1.50. The highest BCUT2D eigenvalue weighted by Gasteiger charge is 2.36. The Labute approximate surface area is 86.8 Å². The van der Waals surface area contributed by atoms with Crippen molar-refractivity contribution < 1.29 is 4.74 Å². The average molecular weight is 198 g/mol. The first-order chi connectivity index (χ1) is 6.81. The molecule has 1 saturated heterocycles. The minimum Gasteiger partial charge on any atom is -0.378 e. The van der Waals surface area contributed by atoms with Gasteiger partial charge in [0.1, 0.15) is 0 Å². The average Bonchev–Trinajstić information content (AvgIpc) is 2.12. The van der Waals surface area contributed by atoms with Crippen molar-refractivity contribution in [1.29, 1.82) is 0 Å². The molecule has 2 fully saturated rings. The molecule has 0 aromatic rings. The van der Waals surface area contributed by atoms with Gasteiger partial charge in [-0.2, -0.15) is 0 Å². The van der Waals surface area contributed by atoms with Crippen molar-refractivity contribution >= 4 is 0 Å². The minimum atomic E-state index is 0.548. The van der Waals surface area contributed by atoms with Crippen molar-refractivity contribution in [2.24, 2.45) is 0 Å². The molecule has 1 N–H and O–H groups in total. The summed E-state index contributed by atoms with van der Waals surface area (Å²) in [4.78, 5) is 2.64. The summed E-state index contributed by atoms with van der Waals surface area (Å²) >= 11 is 0. The Kier molecular flexibility index (Phi) is 3.42. The van der Waals surface area contributed by atoms with Gasteiger partial charge in [0.05, 0.1) is 6.10 Å². The van der Waals surface area contributed by atoms with E-state index in [4.69, 9.17) is 4.74 Å². The van der Waals surface area contributed by atoms with E-state index in [1.165, 1.54) is 19.4 Å². The number of rotatable bonds is 3. The van der Waals surface area contributed by atoms with Crippen LogP contribution < -0.4 is 5.32 Å². The van der Waals surface area contributed by atoms with Crippen LogP contribution in [0.25, 0.3) is 0 Å². The van der Waals surface area contributed by atoms with Gasteiger partial charge in [0.25, 0.3) is 0 Å². The van der Waals surface area contributed by atoms with Gasteiger partial charge in [-0.3, -0.25) is 4.90 Å². The first kappa shape index (κ1) is 10.4. The molecule has 1 aliphatic heterocycles. The monoisotopic (exact) mass is 198 g/mol. The van der Waals surface area contributed by atoms with Crippen molar-refractivity contribution in [3.8, 4) is 0 Å². The fraction of sp³-hybridized carbons (Fsp3) is 1.00. The maximum absolute atomic E-state index is 5.59. The third-order valence-electron chi connectivity index (χ3n) is 3.49. The number of piperazine rings is 1. The maximum atomic E-state index is 5.59. The van der Waals surface area contributed by atoms with E-state index in [1.807, 2.05) is 0 Å². The molecule has 1 atom stereocenters. The molecular weight excluding hydrogens is 176 g/mol. The molecule has 1 heterocycles. The molecule has 1 unspecified atom stereocenters. The first-order valence-electron chi connectivity index (χ1n) is 5.89. The number of hydrogen-bond acceptors (Lipinski definition) is 3. The lowest BCUT2D eigenvalue weighted by molar-refractivity contribution is -0.0595. The molecular formula is C11H22N2O. The van der Waals surface area contributed by atoms with Gasteiger partial charge in [-0.05, 0) is 26.7 Å². The zero-order valence-electron chi connectivity index (χ0n) is 9.33. The van der Waals surface area contributed by atoms with E-state index in [1.54, 1.807) is 0 Å². The molecule has 14 heavy (non-hydrogen) atoms. The zero-order valence-corrected chi connectivity index (χ0v) is 9.33. The smallest absolute Gasteiger partial charge is 0.0604 e. The van der Waals surface area contributed by atoms with E-state index in [2.05, 4.69) is 24.1 Å². The third kappa shape index (κ3) is 2.10. The fourth-order valence-corrected chi connectivity index (χ4v) is 2.58. The second kappa shape index (κ2) is 4.60. The normalized spacial score (nSPS) is 39.4. The molecule has 1 aliphatic carbocycles. The topological polar surface area (TPSA) is 24.5 Å². The van der Waals surface area contributed by atoms with Gasteiger partial charge >= 0.3 is 0 Å². The van der Waals surface area contributed by atoms with Gasteiger partial charge in [-0.15, -0.1) is 0 Å². The second-order valence-electron chi connectivity index (χ2n) is 4.49. The molecule has 2 rings (SSSR count). The second-order valence-corrected chi connectivity index (χ2v) is 4.49. The predicted molar refractivity (Wildman–Crippen MR) is 57.5 cm³/mol. The van der Waals surface area contributed by atoms with E-state index in [0.717, 1.165) is 25.7 Å². The van der Waals surface area contributed by atoms with Crippen LogP contribution in [0, 0.1) is 0 Å². The Bertz CT molecular complexity index is 180. The highest BCUT2D eigenvalue weighted by Crippen LogP contribution is 2.29. The number of nitrogens with zero attached hydrogens (tertiary/aromatic N) is 1. The summed E-state index contributed by atoms with van der Waals surface area (Å²) in [6.07, 6.45) is 3.04. The minimum absolute atomic E-state index is 0.548. The van der Waals surface area contributed by atoms with E-state index >= 15 is 0 Å². The molecule has 2 aliphatic rings. The van der Waals surface area contributed by atoms with Crippen molar-refractivity contribution in [3.63, 3.8) is 0 Å². The summed E-state index contributed by atoms with van der Waals surface area (Å²) < 4.78 is 5.59. The Balaban J connectivity index is 1.74. The van der Waals surface area contributed by atoms with Gasteiger partial charge in [-0.25, -0.2) is 0 Å². The standard InChI is InChI=1S/C11H22N2O/c1-3-14-11-6-10(7-11)13-5-4-12-8-9(13)2/h9-12H,3-8H2,1-2H3. The predicted octanol–water partition coefficient (Wildman–Crippen LogP) is 0.848. The molecule has 3 heteroatoms. The van der Waals surface area contributed by atoms with Crippen molar-refractivity contribution in [1.82, 2.24) is 10.2 Å². The largest absolute Gasteiger partial charge is 0.378 e. The summed E-state index contributed by atoms with van der Waals surface area (Å²) in [5.41, 5.74) is 0. The molecule has 0 aromatic carbocycles. The van der Waals surface area contributed by atoms with Gasteiger partial charge in [0, 0.05) is 38.3 Å². The lowest BCUT2D eigenvalue weighted by Gasteiger charge is -2.47. The summed E-state index contributed by atoms with van der Waals surface area (Å²) in [7, 11) is 0. The van der Waals surface area contributed by atoms with Crippen LogP contribution in [0.5, 0.6) is 0 Å². The SMILES string of the molecule is CCOC1CC(N2CCNCC2C)C1. The molecule has 0 radical (unpaired) electrons. The third-order valence-corrected chi connectivity index (χ3v) is 3.49. The van der Waals surface area contributed by atoms with Crippen molar-refractivity contribution in [2.75, 3.05) is 26.2 Å². The zero-order chi connectivity index (χ0) is 9.97. The van der Waals surface area contributed by atoms with Crippen LogP contribution in [0.2, 0.25) is 0 Å². The highest BCUT2D eigenvalue weighted by molar-refractivity contribution is 4.92. The number of hydrogen-bond donors (Lipinski definition) is 1. The summed E-state index contributed by atoms with van der Waals surface area (Å²) in [5.74, 6) is 0. The Morgan fingerprint density at radius 2 is 2.21 bits per heavy atom. The molecule has 0 amide bonds. The van der Waals surface area contributed by atoms with Gasteiger partial charge in [0.2, 0.25) is 0 Å². The summed E-state index contributed by atoms with van der Waals surface area (Å²) in [5, 5.41) is 3.43. The summed E-state index contributed by atoms with van der Waals surface area (Å²) in [6.45, 7) is 8.79. The Morgan fingerprint density at radius 3 is 2.86 bits per heavy atom. The fourth-order valence-electron chi connectivity index (χ4n) is 2.58.